The van der Waals surface area contributed by atoms with E-state index in [2.05, 4.69) is 16.7 Å². The van der Waals surface area contributed by atoms with Crippen LogP contribution in [0.3, 0.4) is 0 Å². The molecule has 0 bridgehead atoms. The molecule has 5 nitrogen and oxygen atoms in total. The van der Waals surface area contributed by atoms with E-state index in [1.54, 1.807) is 0 Å². The van der Waals surface area contributed by atoms with Gasteiger partial charge in [-0.05, 0) is 39.0 Å². The smallest absolute Gasteiger partial charge is 0.237 e. The highest BCUT2D eigenvalue weighted by Gasteiger charge is 2.25. The van der Waals surface area contributed by atoms with Crippen molar-refractivity contribution in [3.05, 3.63) is 11.6 Å². The van der Waals surface area contributed by atoms with Gasteiger partial charge < -0.3 is 10.6 Å². The summed E-state index contributed by atoms with van der Waals surface area (Å²) in [6.45, 7) is 4.26. The minimum absolute atomic E-state index is 0.00302. The first-order valence-corrected chi connectivity index (χ1v) is 7.63. The monoisotopic (exact) mass is 279 g/mol. The van der Waals surface area contributed by atoms with Crippen LogP contribution >= 0.6 is 0 Å². The van der Waals surface area contributed by atoms with Crippen LogP contribution in [0.1, 0.15) is 39.0 Å². The largest absolute Gasteiger partial charge is 0.354 e. The Hall–Kier alpha value is -1.36. The number of carbonyl (C=O) groups is 2. The summed E-state index contributed by atoms with van der Waals surface area (Å²) >= 11 is 0. The zero-order valence-corrected chi connectivity index (χ0v) is 12.3. The number of allylic oxidation sites excluding steroid dienone is 1. The summed E-state index contributed by atoms with van der Waals surface area (Å²) in [6, 6.07) is -0.235. The van der Waals surface area contributed by atoms with Gasteiger partial charge in [-0.2, -0.15) is 0 Å². The first-order chi connectivity index (χ1) is 9.66. The third-order valence-electron chi connectivity index (χ3n) is 4.13. The standard InChI is InChI=1S/C15H25N3O2/c1-12(18-10-9-16-14(19)11-18)15(20)17-8-7-13-5-3-2-4-6-13/h5,12H,2-4,6-11H2,1H3,(H,16,19)(H,17,20)/t12-/m0/s1. The van der Waals surface area contributed by atoms with Crippen LogP contribution in [-0.2, 0) is 9.59 Å². The quantitative estimate of drug-likeness (QED) is 0.732. The van der Waals surface area contributed by atoms with Crippen molar-refractivity contribution < 1.29 is 9.59 Å². The van der Waals surface area contributed by atoms with Crippen LogP contribution in [0, 0.1) is 0 Å². The SMILES string of the molecule is C[C@@H](C(=O)NCCC1=CCCCC1)N1CCNC(=O)C1. The number of amides is 2. The molecule has 1 saturated heterocycles. The van der Waals surface area contributed by atoms with Gasteiger partial charge in [-0.1, -0.05) is 11.6 Å². The number of hydrogen-bond acceptors (Lipinski definition) is 3. The minimum Gasteiger partial charge on any atom is -0.354 e. The van der Waals surface area contributed by atoms with E-state index in [9.17, 15) is 9.59 Å². The first-order valence-electron chi connectivity index (χ1n) is 7.63. The average Bonchev–Trinajstić information content (AvgIpc) is 2.47. The molecule has 1 atom stereocenters. The molecule has 2 aliphatic rings. The van der Waals surface area contributed by atoms with E-state index in [1.165, 1.54) is 31.3 Å². The maximum atomic E-state index is 12.1. The Morgan fingerprint density at radius 2 is 2.35 bits per heavy atom. The van der Waals surface area contributed by atoms with E-state index < -0.39 is 0 Å². The summed E-state index contributed by atoms with van der Waals surface area (Å²) in [5.41, 5.74) is 1.47. The molecule has 112 valence electrons. The van der Waals surface area contributed by atoms with Crippen LogP contribution < -0.4 is 10.6 Å². The lowest BCUT2D eigenvalue weighted by Gasteiger charge is -2.31. The van der Waals surface area contributed by atoms with Crippen molar-refractivity contribution in [3.63, 3.8) is 0 Å². The molecule has 0 radical (unpaired) electrons. The summed E-state index contributed by atoms with van der Waals surface area (Å²) in [4.78, 5) is 25.3. The number of piperazine rings is 1. The van der Waals surface area contributed by atoms with Crippen molar-refractivity contribution in [2.24, 2.45) is 0 Å². The van der Waals surface area contributed by atoms with Crippen LogP contribution in [0.15, 0.2) is 11.6 Å². The zero-order chi connectivity index (χ0) is 14.4. The summed E-state index contributed by atoms with van der Waals surface area (Å²) < 4.78 is 0. The number of rotatable bonds is 5. The van der Waals surface area contributed by atoms with Crippen LogP contribution in [0.25, 0.3) is 0 Å². The molecule has 0 aromatic rings. The van der Waals surface area contributed by atoms with Gasteiger partial charge in [0.1, 0.15) is 0 Å². The molecule has 2 amide bonds. The van der Waals surface area contributed by atoms with E-state index in [4.69, 9.17) is 0 Å². The summed E-state index contributed by atoms with van der Waals surface area (Å²) in [7, 11) is 0. The molecule has 5 heteroatoms. The van der Waals surface area contributed by atoms with Crippen molar-refractivity contribution in [2.45, 2.75) is 45.1 Å². The second kappa shape index (κ2) is 7.43. The second-order valence-corrected chi connectivity index (χ2v) is 5.65. The van der Waals surface area contributed by atoms with E-state index in [1.807, 2.05) is 11.8 Å². The number of carbonyl (C=O) groups excluding carboxylic acids is 2. The third-order valence-corrected chi connectivity index (χ3v) is 4.13. The lowest BCUT2D eigenvalue weighted by Crippen LogP contribution is -2.55. The molecule has 0 unspecified atom stereocenters. The average molecular weight is 279 g/mol. The van der Waals surface area contributed by atoms with Crippen molar-refractivity contribution in [2.75, 3.05) is 26.2 Å². The molecule has 0 saturated carbocycles. The van der Waals surface area contributed by atoms with Crippen molar-refractivity contribution in [3.8, 4) is 0 Å². The molecule has 0 aromatic carbocycles. The molecular weight excluding hydrogens is 254 g/mol. The van der Waals surface area contributed by atoms with E-state index in [0.717, 1.165) is 13.0 Å². The molecule has 1 aliphatic heterocycles. The Labute approximate surface area is 120 Å². The highest BCUT2D eigenvalue weighted by molar-refractivity contribution is 5.83. The second-order valence-electron chi connectivity index (χ2n) is 5.65. The van der Waals surface area contributed by atoms with Gasteiger partial charge in [0, 0.05) is 19.6 Å². The van der Waals surface area contributed by atoms with Gasteiger partial charge in [-0.15, -0.1) is 0 Å². The van der Waals surface area contributed by atoms with Crippen molar-refractivity contribution >= 4 is 11.8 Å². The Morgan fingerprint density at radius 1 is 1.50 bits per heavy atom. The van der Waals surface area contributed by atoms with Gasteiger partial charge in [-0.25, -0.2) is 0 Å². The third kappa shape index (κ3) is 4.34. The Balaban J connectivity index is 1.70. The molecule has 0 spiro atoms. The van der Waals surface area contributed by atoms with E-state index >= 15 is 0 Å². The summed E-state index contributed by atoms with van der Waals surface area (Å²) in [5.74, 6) is 0.0272. The molecule has 1 heterocycles. The number of nitrogens with zero attached hydrogens (tertiary/aromatic N) is 1. The Bertz CT molecular complexity index is 393. The molecule has 2 N–H and O–H groups in total. The maximum Gasteiger partial charge on any atom is 0.237 e. The van der Waals surface area contributed by atoms with Crippen molar-refractivity contribution in [1.82, 2.24) is 15.5 Å². The van der Waals surface area contributed by atoms with Gasteiger partial charge in [0.05, 0.1) is 12.6 Å². The van der Waals surface area contributed by atoms with Crippen LogP contribution in [0.2, 0.25) is 0 Å². The van der Waals surface area contributed by atoms with E-state index in [0.29, 0.717) is 19.6 Å². The van der Waals surface area contributed by atoms with Gasteiger partial charge in [-0.3, -0.25) is 14.5 Å². The van der Waals surface area contributed by atoms with Gasteiger partial charge in [0.25, 0.3) is 0 Å². The Morgan fingerprint density at radius 3 is 3.05 bits per heavy atom. The lowest BCUT2D eigenvalue weighted by atomic mass is 9.97. The van der Waals surface area contributed by atoms with Crippen LogP contribution in [-0.4, -0.2) is 48.9 Å². The molecule has 0 aromatic heterocycles. The fourth-order valence-corrected chi connectivity index (χ4v) is 2.78. The molecule has 1 fully saturated rings. The van der Waals surface area contributed by atoms with E-state index in [-0.39, 0.29) is 17.9 Å². The highest BCUT2D eigenvalue weighted by Crippen LogP contribution is 2.19. The summed E-state index contributed by atoms with van der Waals surface area (Å²) in [5, 5.41) is 5.76. The minimum atomic E-state index is -0.235. The lowest BCUT2D eigenvalue weighted by molar-refractivity contribution is -0.130. The van der Waals surface area contributed by atoms with Gasteiger partial charge in [0.2, 0.25) is 11.8 Å². The fraction of sp³-hybridized carbons (Fsp3) is 0.733. The zero-order valence-electron chi connectivity index (χ0n) is 12.3. The van der Waals surface area contributed by atoms with Gasteiger partial charge >= 0.3 is 0 Å². The highest BCUT2D eigenvalue weighted by atomic mass is 16.2. The Kier molecular flexibility index (Phi) is 5.59. The molecule has 2 rings (SSSR count). The fourth-order valence-electron chi connectivity index (χ4n) is 2.78. The predicted molar refractivity (Wildman–Crippen MR) is 78.2 cm³/mol. The predicted octanol–water partition coefficient (Wildman–Crippen LogP) is 0.813. The first kappa shape index (κ1) is 15.0. The van der Waals surface area contributed by atoms with Gasteiger partial charge in [0.15, 0.2) is 0 Å². The molecular formula is C15H25N3O2. The molecule has 1 aliphatic carbocycles. The molecule has 20 heavy (non-hydrogen) atoms. The normalized spacial score (nSPS) is 21.9. The maximum absolute atomic E-state index is 12.1. The van der Waals surface area contributed by atoms with Crippen LogP contribution in [0.4, 0.5) is 0 Å². The van der Waals surface area contributed by atoms with Crippen molar-refractivity contribution in [1.29, 1.82) is 0 Å². The number of hydrogen-bond donors (Lipinski definition) is 2. The topological polar surface area (TPSA) is 61.4 Å². The number of nitrogens with one attached hydrogen (secondary N) is 2. The van der Waals surface area contributed by atoms with Crippen LogP contribution in [0.5, 0.6) is 0 Å². The summed E-state index contributed by atoms with van der Waals surface area (Å²) in [6.07, 6.45) is 8.20.